The van der Waals surface area contributed by atoms with Crippen LogP contribution in [0.25, 0.3) is 0 Å². The Morgan fingerprint density at radius 1 is 1.32 bits per heavy atom. The molecule has 104 valence electrons. The summed E-state index contributed by atoms with van der Waals surface area (Å²) in [6.07, 6.45) is 1.62. The molecule has 0 saturated carbocycles. The Bertz CT molecular complexity index is 463. The zero-order chi connectivity index (χ0) is 14.3. The summed E-state index contributed by atoms with van der Waals surface area (Å²) in [7, 11) is 0. The number of benzene rings is 1. The van der Waals surface area contributed by atoms with Crippen LogP contribution in [-0.4, -0.2) is 25.0 Å². The smallest absolute Gasteiger partial charge is 0.325 e. The van der Waals surface area contributed by atoms with Gasteiger partial charge in [0.2, 0.25) is 0 Å². The molecule has 0 saturated heterocycles. The monoisotopic (exact) mass is 271 g/mol. The third-order valence-electron chi connectivity index (χ3n) is 2.33. The number of carbonyl (C=O) groups is 2. The number of hydrogen-bond donors (Lipinski definition) is 1. The summed E-state index contributed by atoms with van der Waals surface area (Å²) >= 11 is 0. The number of halogens is 2. The molecule has 0 fully saturated rings. The molecule has 0 bridgehead atoms. The van der Waals surface area contributed by atoms with Crippen LogP contribution in [0.2, 0.25) is 0 Å². The number of unbranched alkanes of at least 4 members (excludes halogenated alkanes) is 1. The van der Waals surface area contributed by atoms with Crippen LogP contribution in [0, 0.1) is 11.6 Å². The molecular weight excluding hydrogens is 256 g/mol. The molecule has 0 aliphatic carbocycles. The molecule has 0 atom stereocenters. The molecule has 0 aromatic heterocycles. The molecule has 1 aromatic rings. The maximum atomic E-state index is 13.2. The molecule has 1 aromatic carbocycles. The van der Waals surface area contributed by atoms with E-state index in [4.69, 9.17) is 4.74 Å². The lowest BCUT2D eigenvalue weighted by molar-refractivity contribution is -0.142. The van der Waals surface area contributed by atoms with E-state index in [0.717, 1.165) is 31.0 Å². The fourth-order valence-electron chi connectivity index (χ4n) is 1.30. The van der Waals surface area contributed by atoms with E-state index in [2.05, 4.69) is 5.32 Å². The van der Waals surface area contributed by atoms with Gasteiger partial charge in [-0.2, -0.15) is 0 Å². The van der Waals surface area contributed by atoms with Gasteiger partial charge in [-0.1, -0.05) is 13.3 Å². The molecule has 0 aliphatic heterocycles. The standard InChI is InChI=1S/C13H15F2NO3/c1-2-3-6-19-12(17)8-16-13(18)10-7-9(14)4-5-11(10)15/h4-5,7H,2-3,6,8H2,1H3,(H,16,18). The second-order valence-corrected chi connectivity index (χ2v) is 3.88. The Kier molecular flexibility index (Phi) is 5.92. The number of nitrogens with one attached hydrogen (secondary N) is 1. The van der Waals surface area contributed by atoms with Crippen molar-refractivity contribution in [1.82, 2.24) is 5.32 Å². The average molecular weight is 271 g/mol. The van der Waals surface area contributed by atoms with Crippen molar-refractivity contribution in [2.75, 3.05) is 13.2 Å². The number of hydrogen-bond acceptors (Lipinski definition) is 3. The van der Waals surface area contributed by atoms with Gasteiger partial charge in [-0.3, -0.25) is 9.59 Å². The summed E-state index contributed by atoms with van der Waals surface area (Å²) < 4.78 is 30.9. The Hall–Kier alpha value is -1.98. The third kappa shape index (κ3) is 5.03. The minimum atomic E-state index is -0.857. The van der Waals surface area contributed by atoms with E-state index in [1.807, 2.05) is 6.92 Å². The minimum Gasteiger partial charge on any atom is -0.464 e. The van der Waals surface area contributed by atoms with Crippen LogP contribution in [0.5, 0.6) is 0 Å². The SMILES string of the molecule is CCCCOC(=O)CNC(=O)c1cc(F)ccc1F. The molecule has 19 heavy (non-hydrogen) atoms. The van der Waals surface area contributed by atoms with Gasteiger partial charge in [-0.25, -0.2) is 8.78 Å². The van der Waals surface area contributed by atoms with Crippen molar-refractivity contribution < 1.29 is 23.1 Å². The summed E-state index contributed by atoms with van der Waals surface area (Å²) in [5.41, 5.74) is -0.443. The highest BCUT2D eigenvalue weighted by molar-refractivity contribution is 5.96. The van der Waals surface area contributed by atoms with Gasteiger partial charge in [-0.15, -0.1) is 0 Å². The van der Waals surface area contributed by atoms with Gasteiger partial charge >= 0.3 is 5.97 Å². The van der Waals surface area contributed by atoms with Gasteiger partial charge in [0.05, 0.1) is 12.2 Å². The Balaban J connectivity index is 2.47. The predicted molar refractivity (Wildman–Crippen MR) is 64.6 cm³/mol. The third-order valence-corrected chi connectivity index (χ3v) is 2.33. The van der Waals surface area contributed by atoms with E-state index in [1.54, 1.807) is 0 Å². The molecule has 1 N–H and O–H groups in total. The van der Waals surface area contributed by atoms with E-state index < -0.39 is 29.1 Å². The van der Waals surface area contributed by atoms with Crippen molar-refractivity contribution in [2.45, 2.75) is 19.8 Å². The van der Waals surface area contributed by atoms with Gasteiger partial charge in [0, 0.05) is 0 Å². The number of rotatable bonds is 6. The van der Waals surface area contributed by atoms with Crippen LogP contribution < -0.4 is 5.32 Å². The second kappa shape index (κ2) is 7.45. The predicted octanol–water partition coefficient (Wildman–Crippen LogP) is 2.04. The molecule has 0 aliphatic rings. The van der Waals surface area contributed by atoms with E-state index in [-0.39, 0.29) is 13.2 Å². The Morgan fingerprint density at radius 2 is 2.05 bits per heavy atom. The van der Waals surface area contributed by atoms with E-state index in [0.29, 0.717) is 0 Å². The van der Waals surface area contributed by atoms with Crippen LogP contribution >= 0.6 is 0 Å². The summed E-state index contributed by atoms with van der Waals surface area (Å²) in [5, 5.41) is 2.17. The van der Waals surface area contributed by atoms with Gasteiger partial charge in [0.1, 0.15) is 18.2 Å². The summed E-state index contributed by atoms with van der Waals surface area (Å²) in [6, 6.07) is 2.53. The minimum absolute atomic E-state index is 0.277. The van der Waals surface area contributed by atoms with Crippen molar-refractivity contribution in [2.24, 2.45) is 0 Å². The first-order valence-corrected chi connectivity index (χ1v) is 5.93. The lowest BCUT2D eigenvalue weighted by atomic mass is 10.2. The zero-order valence-corrected chi connectivity index (χ0v) is 10.5. The van der Waals surface area contributed by atoms with Crippen LogP contribution in [0.15, 0.2) is 18.2 Å². The highest BCUT2D eigenvalue weighted by atomic mass is 19.1. The van der Waals surface area contributed by atoms with Crippen LogP contribution in [0.1, 0.15) is 30.1 Å². The van der Waals surface area contributed by atoms with Gasteiger partial charge < -0.3 is 10.1 Å². The van der Waals surface area contributed by atoms with Crippen molar-refractivity contribution in [3.8, 4) is 0 Å². The maximum Gasteiger partial charge on any atom is 0.325 e. The Morgan fingerprint density at radius 3 is 2.74 bits per heavy atom. The molecule has 0 heterocycles. The van der Waals surface area contributed by atoms with E-state index in [9.17, 15) is 18.4 Å². The van der Waals surface area contributed by atoms with Gasteiger partial charge in [0.15, 0.2) is 0 Å². The first-order valence-electron chi connectivity index (χ1n) is 5.93. The quantitative estimate of drug-likeness (QED) is 0.636. The second-order valence-electron chi connectivity index (χ2n) is 3.88. The molecule has 1 rings (SSSR count). The Labute approximate surface area is 109 Å². The molecule has 4 nitrogen and oxygen atoms in total. The summed E-state index contributed by atoms with van der Waals surface area (Å²) in [6.45, 7) is 1.85. The number of amides is 1. The summed E-state index contributed by atoms with van der Waals surface area (Å²) in [4.78, 5) is 22.7. The molecule has 0 unspecified atom stereocenters. The summed E-state index contributed by atoms with van der Waals surface area (Å²) in [5.74, 6) is -3.04. The van der Waals surface area contributed by atoms with E-state index >= 15 is 0 Å². The molecule has 6 heteroatoms. The number of carbonyl (C=O) groups excluding carboxylic acids is 2. The van der Waals surface area contributed by atoms with Crippen LogP contribution in [0.4, 0.5) is 8.78 Å². The fraction of sp³-hybridized carbons (Fsp3) is 0.385. The van der Waals surface area contributed by atoms with Crippen LogP contribution in [0.3, 0.4) is 0 Å². The van der Waals surface area contributed by atoms with Crippen molar-refractivity contribution in [1.29, 1.82) is 0 Å². The van der Waals surface area contributed by atoms with E-state index in [1.165, 1.54) is 0 Å². The maximum absolute atomic E-state index is 13.2. The first-order chi connectivity index (χ1) is 9.04. The highest BCUT2D eigenvalue weighted by Crippen LogP contribution is 2.09. The van der Waals surface area contributed by atoms with Crippen molar-refractivity contribution in [3.05, 3.63) is 35.4 Å². The average Bonchev–Trinajstić information content (AvgIpc) is 2.39. The fourth-order valence-corrected chi connectivity index (χ4v) is 1.30. The van der Waals surface area contributed by atoms with Crippen molar-refractivity contribution in [3.63, 3.8) is 0 Å². The normalized spacial score (nSPS) is 10.1. The lowest BCUT2D eigenvalue weighted by Crippen LogP contribution is -2.31. The topological polar surface area (TPSA) is 55.4 Å². The molecule has 0 spiro atoms. The van der Waals surface area contributed by atoms with Gasteiger partial charge in [0.25, 0.3) is 5.91 Å². The molecule has 0 radical (unpaired) electrons. The number of ether oxygens (including phenoxy) is 1. The number of esters is 1. The zero-order valence-electron chi connectivity index (χ0n) is 10.5. The molecule has 1 amide bonds. The van der Waals surface area contributed by atoms with Gasteiger partial charge in [-0.05, 0) is 24.6 Å². The van der Waals surface area contributed by atoms with Crippen LogP contribution in [-0.2, 0) is 9.53 Å². The molecular formula is C13H15F2NO3. The largest absolute Gasteiger partial charge is 0.464 e. The highest BCUT2D eigenvalue weighted by Gasteiger charge is 2.14. The lowest BCUT2D eigenvalue weighted by Gasteiger charge is -2.06. The first kappa shape index (κ1) is 15.1. The van der Waals surface area contributed by atoms with Crippen molar-refractivity contribution >= 4 is 11.9 Å².